The molecule has 1 atom stereocenters. The van der Waals surface area contributed by atoms with Crippen LogP contribution in [0.4, 0.5) is 5.82 Å². The molecule has 0 amide bonds. The van der Waals surface area contributed by atoms with E-state index in [0.29, 0.717) is 12.5 Å². The van der Waals surface area contributed by atoms with Crippen molar-refractivity contribution in [2.75, 3.05) is 32.4 Å². The van der Waals surface area contributed by atoms with Gasteiger partial charge in [-0.1, -0.05) is 11.6 Å². The molecule has 3 N–H and O–H groups in total. The minimum atomic E-state index is -3.66. The number of anilines is 1. The zero-order chi connectivity index (χ0) is 14.0. The Morgan fingerprint density at radius 3 is 3.00 bits per heavy atom. The van der Waals surface area contributed by atoms with Gasteiger partial charge < -0.3 is 10.6 Å². The maximum absolute atomic E-state index is 12.1. The van der Waals surface area contributed by atoms with Gasteiger partial charge in [-0.25, -0.2) is 18.1 Å². The van der Waals surface area contributed by atoms with Crippen molar-refractivity contribution in [3.05, 3.63) is 17.3 Å². The zero-order valence-corrected chi connectivity index (χ0v) is 12.2. The summed E-state index contributed by atoms with van der Waals surface area (Å²) in [6, 6.07) is 1.31. The minimum absolute atomic E-state index is 0.0413. The molecule has 0 aromatic carbocycles. The lowest BCUT2D eigenvalue weighted by molar-refractivity contribution is 0.394. The number of pyridine rings is 1. The molecule has 1 fully saturated rings. The van der Waals surface area contributed by atoms with Crippen molar-refractivity contribution in [2.24, 2.45) is 5.92 Å². The van der Waals surface area contributed by atoms with Gasteiger partial charge in [-0.2, -0.15) is 0 Å². The second-order valence-electron chi connectivity index (χ2n) is 4.81. The van der Waals surface area contributed by atoms with Gasteiger partial charge in [0.1, 0.15) is 10.7 Å². The van der Waals surface area contributed by atoms with E-state index in [0.717, 1.165) is 19.5 Å². The SMILES string of the molecule is CN1CCC(CNS(=O)(=O)c2cc(Cl)cnc2N)C1. The Kier molecular flexibility index (Phi) is 4.29. The van der Waals surface area contributed by atoms with Crippen LogP contribution in [0.5, 0.6) is 0 Å². The van der Waals surface area contributed by atoms with Gasteiger partial charge in [-0.05, 0) is 32.0 Å². The molecule has 1 aliphatic heterocycles. The van der Waals surface area contributed by atoms with Gasteiger partial charge in [0.25, 0.3) is 0 Å². The van der Waals surface area contributed by atoms with E-state index >= 15 is 0 Å². The summed E-state index contributed by atoms with van der Waals surface area (Å²) in [5.74, 6) is 0.286. The average molecular weight is 305 g/mol. The van der Waals surface area contributed by atoms with Crippen LogP contribution in [0, 0.1) is 5.92 Å². The van der Waals surface area contributed by atoms with Crippen molar-refractivity contribution in [1.29, 1.82) is 0 Å². The lowest BCUT2D eigenvalue weighted by Gasteiger charge is -2.13. The number of likely N-dealkylation sites (tertiary alicyclic amines) is 1. The summed E-state index contributed by atoms with van der Waals surface area (Å²) in [5, 5.41) is 0.246. The second-order valence-corrected chi connectivity index (χ2v) is 6.98. The molecule has 0 aliphatic carbocycles. The highest BCUT2D eigenvalue weighted by Gasteiger charge is 2.24. The zero-order valence-electron chi connectivity index (χ0n) is 10.6. The molecular formula is C11H17ClN4O2S. The maximum Gasteiger partial charge on any atom is 0.244 e. The number of nitrogen functional groups attached to an aromatic ring is 1. The second kappa shape index (κ2) is 5.62. The van der Waals surface area contributed by atoms with E-state index in [1.807, 2.05) is 7.05 Å². The fourth-order valence-corrected chi connectivity index (χ4v) is 3.59. The highest BCUT2D eigenvalue weighted by molar-refractivity contribution is 7.89. The number of hydrogen-bond donors (Lipinski definition) is 2. The molecule has 0 spiro atoms. The Bertz CT molecular complexity index is 564. The Morgan fingerprint density at radius 1 is 1.63 bits per heavy atom. The van der Waals surface area contributed by atoms with E-state index in [1.54, 1.807) is 0 Å². The lowest BCUT2D eigenvalue weighted by Crippen LogP contribution is -2.31. The monoisotopic (exact) mass is 304 g/mol. The molecule has 0 bridgehead atoms. The van der Waals surface area contributed by atoms with Crippen LogP contribution >= 0.6 is 11.6 Å². The first-order valence-electron chi connectivity index (χ1n) is 5.98. The fraction of sp³-hybridized carbons (Fsp3) is 0.545. The van der Waals surface area contributed by atoms with E-state index in [-0.39, 0.29) is 15.7 Å². The van der Waals surface area contributed by atoms with Crippen LogP contribution in [0.25, 0.3) is 0 Å². The molecule has 2 heterocycles. The van der Waals surface area contributed by atoms with Gasteiger partial charge in [0.15, 0.2) is 0 Å². The van der Waals surface area contributed by atoms with Crippen LogP contribution in [0.3, 0.4) is 0 Å². The van der Waals surface area contributed by atoms with Crippen molar-refractivity contribution in [3.8, 4) is 0 Å². The standard InChI is InChI=1S/C11H17ClN4O2S/c1-16-3-2-8(7-16)5-15-19(17,18)10-4-9(12)6-14-11(10)13/h4,6,8,15H,2-3,5,7H2,1H3,(H2,13,14). The van der Waals surface area contributed by atoms with Crippen LogP contribution in [-0.2, 0) is 10.0 Å². The normalized spacial score (nSPS) is 20.8. The van der Waals surface area contributed by atoms with Gasteiger partial charge in [0.05, 0.1) is 5.02 Å². The van der Waals surface area contributed by atoms with Crippen molar-refractivity contribution >= 4 is 27.4 Å². The first-order valence-corrected chi connectivity index (χ1v) is 7.84. The third kappa shape index (κ3) is 3.56. The largest absolute Gasteiger partial charge is 0.383 e. The Hall–Kier alpha value is -0.890. The van der Waals surface area contributed by atoms with E-state index < -0.39 is 10.0 Å². The number of rotatable bonds is 4. The third-order valence-corrected chi connectivity index (χ3v) is 4.85. The van der Waals surface area contributed by atoms with Gasteiger partial charge in [-0.3, -0.25) is 0 Å². The molecule has 8 heteroatoms. The molecule has 1 unspecified atom stereocenters. The lowest BCUT2D eigenvalue weighted by atomic mass is 10.1. The number of nitrogens with two attached hydrogens (primary N) is 1. The molecule has 0 radical (unpaired) electrons. The minimum Gasteiger partial charge on any atom is -0.383 e. The topological polar surface area (TPSA) is 88.3 Å². The molecule has 1 saturated heterocycles. The summed E-state index contributed by atoms with van der Waals surface area (Å²) in [5.41, 5.74) is 5.58. The molecule has 2 rings (SSSR count). The highest BCUT2D eigenvalue weighted by atomic mass is 35.5. The van der Waals surface area contributed by atoms with Crippen molar-refractivity contribution in [2.45, 2.75) is 11.3 Å². The predicted octanol–water partition coefficient (Wildman–Crippen LogP) is 0.547. The van der Waals surface area contributed by atoms with E-state index in [1.165, 1.54) is 12.3 Å². The van der Waals surface area contributed by atoms with E-state index in [4.69, 9.17) is 17.3 Å². The number of sulfonamides is 1. The van der Waals surface area contributed by atoms with Crippen molar-refractivity contribution in [1.82, 2.24) is 14.6 Å². The van der Waals surface area contributed by atoms with E-state index in [2.05, 4.69) is 14.6 Å². The van der Waals surface area contributed by atoms with Crippen LogP contribution in [0.1, 0.15) is 6.42 Å². The summed E-state index contributed by atoms with van der Waals surface area (Å²) in [7, 11) is -1.64. The fourth-order valence-electron chi connectivity index (χ4n) is 2.14. The number of nitrogens with zero attached hydrogens (tertiary/aromatic N) is 2. The Balaban J connectivity index is 2.08. The molecule has 6 nitrogen and oxygen atoms in total. The molecular weight excluding hydrogens is 288 g/mol. The van der Waals surface area contributed by atoms with Crippen LogP contribution in [0.2, 0.25) is 5.02 Å². The first-order chi connectivity index (χ1) is 8.88. The van der Waals surface area contributed by atoms with Gasteiger partial charge >= 0.3 is 0 Å². The molecule has 1 aromatic rings. The average Bonchev–Trinajstić information content (AvgIpc) is 2.76. The van der Waals surface area contributed by atoms with Crippen LogP contribution in [-0.4, -0.2) is 45.0 Å². The number of aromatic nitrogens is 1. The number of halogens is 1. The third-order valence-electron chi connectivity index (χ3n) is 3.19. The predicted molar refractivity (Wildman–Crippen MR) is 74.5 cm³/mol. The number of hydrogen-bond acceptors (Lipinski definition) is 5. The summed E-state index contributed by atoms with van der Waals surface area (Å²) >= 11 is 5.75. The summed E-state index contributed by atoms with van der Waals surface area (Å²) in [6.45, 7) is 2.29. The summed E-state index contributed by atoms with van der Waals surface area (Å²) < 4.78 is 26.9. The molecule has 19 heavy (non-hydrogen) atoms. The first kappa shape index (κ1) is 14.5. The van der Waals surface area contributed by atoms with Crippen LogP contribution < -0.4 is 10.5 Å². The van der Waals surface area contributed by atoms with Crippen molar-refractivity contribution in [3.63, 3.8) is 0 Å². The van der Waals surface area contributed by atoms with Gasteiger partial charge in [-0.15, -0.1) is 0 Å². The number of nitrogens with one attached hydrogen (secondary N) is 1. The van der Waals surface area contributed by atoms with Crippen LogP contribution in [0.15, 0.2) is 17.2 Å². The molecule has 1 aromatic heterocycles. The Labute approximate surface area is 118 Å². The molecule has 0 saturated carbocycles. The van der Waals surface area contributed by atoms with E-state index in [9.17, 15) is 8.42 Å². The summed E-state index contributed by atoms with van der Waals surface area (Å²) in [6.07, 6.45) is 2.31. The van der Waals surface area contributed by atoms with Crippen molar-refractivity contribution < 1.29 is 8.42 Å². The quantitative estimate of drug-likeness (QED) is 0.848. The molecule has 1 aliphatic rings. The van der Waals surface area contributed by atoms with Gasteiger partial charge in [0.2, 0.25) is 10.0 Å². The Morgan fingerprint density at radius 2 is 2.37 bits per heavy atom. The molecule has 106 valence electrons. The van der Waals surface area contributed by atoms with Gasteiger partial charge in [0, 0.05) is 19.3 Å². The smallest absolute Gasteiger partial charge is 0.244 e. The maximum atomic E-state index is 12.1. The summed E-state index contributed by atoms with van der Waals surface area (Å²) in [4.78, 5) is 5.87. The highest BCUT2D eigenvalue weighted by Crippen LogP contribution is 2.20.